The molecule has 1 heterocycles. The first-order chi connectivity index (χ1) is 8.65. The molecule has 1 N–H and O–H groups in total. The first-order valence-corrected chi connectivity index (χ1v) is 6.48. The van der Waals surface area contributed by atoms with Gasteiger partial charge in [0, 0.05) is 28.8 Å². The van der Waals surface area contributed by atoms with E-state index in [-0.39, 0.29) is 0 Å². The number of aryl methyl sites for hydroxylation is 1. The monoisotopic (exact) mass is 280 g/mol. The summed E-state index contributed by atoms with van der Waals surface area (Å²) in [7, 11) is 0. The van der Waals surface area contributed by atoms with Crippen molar-refractivity contribution < 1.29 is 0 Å². The molecule has 2 nitrogen and oxygen atoms in total. The summed E-state index contributed by atoms with van der Waals surface area (Å²) in [6.45, 7) is 3.37. The minimum Gasteiger partial charge on any atom is -0.307 e. The summed E-state index contributed by atoms with van der Waals surface area (Å²) in [5.74, 6) is 0. The minimum absolute atomic E-state index is 0.676. The summed E-state index contributed by atoms with van der Waals surface area (Å²) in [4.78, 5) is 4.42. The normalized spacial score (nSPS) is 10.6. The minimum atomic E-state index is 0.676. The summed E-state index contributed by atoms with van der Waals surface area (Å²) in [5, 5.41) is 4.73. The molecular formula is C14H14Cl2N2. The molecule has 94 valence electrons. The third-order valence-corrected chi connectivity index (χ3v) is 3.18. The van der Waals surface area contributed by atoms with Crippen molar-refractivity contribution in [2.45, 2.75) is 20.0 Å². The molecule has 0 unspecified atom stereocenters. The average Bonchev–Trinajstić information content (AvgIpc) is 2.34. The quantitative estimate of drug-likeness (QED) is 0.916. The Morgan fingerprint density at radius 1 is 1.11 bits per heavy atom. The van der Waals surface area contributed by atoms with Gasteiger partial charge in [-0.15, -0.1) is 0 Å². The number of pyridine rings is 1. The van der Waals surface area contributed by atoms with Crippen molar-refractivity contribution in [1.82, 2.24) is 10.3 Å². The Balaban J connectivity index is 1.94. The van der Waals surface area contributed by atoms with Gasteiger partial charge in [0.25, 0.3) is 0 Å². The second-order valence-corrected chi connectivity index (χ2v) is 4.95. The van der Waals surface area contributed by atoms with Crippen molar-refractivity contribution in [2.24, 2.45) is 0 Å². The zero-order chi connectivity index (χ0) is 13.0. The maximum atomic E-state index is 6.09. The number of benzene rings is 1. The van der Waals surface area contributed by atoms with E-state index in [2.05, 4.69) is 10.3 Å². The Labute approximate surface area is 117 Å². The van der Waals surface area contributed by atoms with Crippen molar-refractivity contribution in [3.63, 3.8) is 0 Å². The zero-order valence-electron chi connectivity index (χ0n) is 10.1. The molecule has 18 heavy (non-hydrogen) atoms. The fourth-order valence-electron chi connectivity index (χ4n) is 1.70. The van der Waals surface area contributed by atoms with E-state index >= 15 is 0 Å². The van der Waals surface area contributed by atoms with Gasteiger partial charge in [-0.3, -0.25) is 4.98 Å². The SMILES string of the molecule is Cc1cccc(CNCc2cc(Cl)ccc2Cl)n1. The van der Waals surface area contributed by atoms with Gasteiger partial charge < -0.3 is 5.32 Å². The summed E-state index contributed by atoms with van der Waals surface area (Å²) in [6, 6.07) is 11.5. The van der Waals surface area contributed by atoms with Crippen LogP contribution < -0.4 is 5.32 Å². The molecule has 1 aromatic heterocycles. The van der Waals surface area contributed by atoms with Crippen LogP contribution in [-0.2, 0) is 13.1 Å². The van der Waals surface area contributed by atoms with E-state index in [4.69, 9.17) is 23.2 Å². The van der Waals surface area contributed by atoms with Crippen molar-refractivity contribution >= 4 is 23.2 Å². The van der Waals surface area contributed by atoms with Crippen LogP contribution in [0.4, 0.5) is 0 Å². The Morgan fingerprint density at radius 3 is 2.72 bits per heavy atom. The molecule has 0 amide bonds. The first-order valence-electron chi connectivity index (χ1n) is 5.72. The second kappa shape index (κ2) is 6.19. The maximum absolute atomic E-state index is 6.09. The van der Waals surface area contributed by atoms with Crippen LogP contribution in [0.15, 0.2) is 36.4 Å². The van der Waals surface area contributed by atoms with Gasteiger partial charge in [0.2, 0.25) is 0 Å². The van der Waals surface area contributed by atoms with Gasteiger partial charge in [-0.25, -0.2) is 0 Å². The maximum Gasteiger partial charge on any atom is 0.0544 e. The summed E-state index contributed by atoms with van der Waals surface area (Å²) >= 11 is 12.0. The standard InChI is InChI=1S/C14H14Cl2N2/c1-10-3-2-4-13(18-10)9-17-8-11-7-12(15)5-6-14(11)16/h2-7,17H,8-9H2,1H3. The summed E-state index contributed by atoms with van der Waals surface area (Å²) in [5.41, 5.74) is 3.04. The highest BCUT2D eigenvalue weighted by Crippen LogP contribution is 2.20. The molecule has 0 aliphatic rings. The number of hydrogen-bond donors (Lipinski definition) is 1. The summed E-state index contributed by atoms with van der Waals surface area (Å²) < 4.78 is 0. The highest BCUT2D eigenvalue weighted by Gasteiger charge is 2.01. The van der Waals surface area contributed by atoms with E-state index in [1.807, 2.05) is 37.3 Å². The Bertz CT molecular complexity index is 541. The number of nitrogens with one attached hydrogen (secondary N) is 1. The molecule has 0 spiro atoms. The Morgan fingerprint density at radius 2 is 1.94 bits per heavy atom. The molecule has 0 saturated heterocycles. The lowest BCUT2D eigenvalue weighted by atomic mass is 10.2. The molecule has 0 aliphatic heterocycles. The van der Waals surface area contributed by atoms with E-state index in [1.54, 1.807) is 6.07 Å². The average molecular weight is 281 g/mol. The lowest BCUT2D eigenvalue weighted by Gasteiger charge is -2.07. The molecule has 0 aliphatic carbocycles. The molecule has 0 radical (unpaired) electrons. The molecule has 0 atom stereocenters. The van der Waals surface area contributed by atoms with Crippen LogP contribution in [0.25, 0.3) is 0 Å². The largest absolute Gasteiger partial charge is 0.307 e. The Hall–Kier alpha value is -1.09. The van der Waals surface area contributed by atoms with Crippen molar-refractivity contribution in [3.05, 3.63) is 63.4 Å². The van der Waals surface area contributed by atoms with Crippen molar-refractivity contribution in [3.8, 4) is 0 Å². The van der Waals surface area contributed by atoms with Crippen molar-refractivity contribution in [2.75, 3.05) is 0 Å². The number of nitrogens with zero attached hydrogens (tertiary/aromatic N) is 1. The number of aromatic nitrogens is 1. The third kappa shape index (κ3) is 3.70. The topological polar surface area (TPSA) is 24.9 Å². The second-order valence-electron chi connectivity index (χ2n) is 4.11. The highest BCUT2D eigenvalue weighted by atomic mass is 35.5. The van der Waals surface area contributed by atoms with E-state index < -0.39 is 0 Å². The van der Waals surface area contributed by atoms with Crippen LogP contribution in [0.2, 0.25) is 10.0 Å². The number of rotatable bonds is 4. The van der Waals surface area contributed by atoms with Gasteiger partial charge in [-0.2, -0.15) is 0 Å². The molecule has 0 saturated carbocycles. The zero-order valence-corrected chi connectivity index (χ0v) is 11.6. The van der Waals surface area contributed by atoms with Crippen LogP contribution in [0.5, 0.6) is 0 Å². The lowest BCUT2D eigenvalue weighted by Crippen LogP contribution is -2.14. The van der Waals surface area contributed by atoms with Gasteiger partial charge >= 0.3 is 0 Å². The van der Waals surface area contributed by atoms with Crippen LogP contribution in [-0.4, -0.2) is 4.98 Å². The third-order valence-electron chi connectivity index (χ3n) is 2.58. The van der Waals surface area contributed by atoms with E-state index in [0.29, 0.717) is 18.1 Å². The molecule has 1 aromatic carbocycles. The van der Waals surface area contributed by atoms with Gasteiger partial charge in [0.15, 0.2) is 0 Å². The van der Waals surface area contributed by atoms with Crippen LogP contribution >= 0.6 is 23.2 Å². The van der Waals surface area contributed by atoms with E-state index in [9.17, 15) is 0 Å². The molecule has 0 bridgehead atoms. The van der Waals surface area contributed by atoms with E-state index in [1.165, 1.54) is 0 Å². The molecule has 2 rings (SSSR count). The predicted molar refractivity (Wildman–Crippen MR) is 76.0 cm³/mol. The van der Waals surface area contributed by atoms with Crippen LogP contribution in [0, 0.1) is 6.92 Å². The molecule has 0 fully saturated rings. The first kappa shape index (κ1) is 13.3. The van der Waals surface area contributed by atoms with Crippen LogP contribution in [0.3, 0.4) is 0 Å². The predicted octanol–water partition coefficient (Wildman–Crippen LogP) is 3.99. The molecule has 2 aromatic rings. The summed E-state index contributed by atoms with van der Waals surface area (Å²) in [6.07, 6.45) is 0. The molecular weight excluding hydrogens is 267 g/mol. The lowest BCUT2D eigenvalue weighted by molar-refractivity contribution is 0.678. The van der Waals surface area contributed by atoms with E-state index in [0.717, 1.165) is 22.0 Å². The Kier molecular flexibility index (Phi) is 4.59. The fourth-order valence-corrected chi connectivity index (χ4v) is 2.08. The number of halogens is 2. The molecule has 4 heteroatoms. The van der Waals surface area contributed by atoms with Crippen molar-refractivity contribution in [1.29, 1.82) is 0 Å². The van der Waals surface area contributed by atoms with Gasteiger partial charge in [0.05, 0.1) is 5.69 Å². The smallest absolute Gasteiger partial charge is 0.0544 e. The van der Waals surface area contributed by atoms with Gasteiger partial charge in [-0.05, 0) is 42.8 Å². The van der Waals surface area contributed by atoms with Crippen LogP contribution in [0.1, 0.15) is 17.0 Å². The van der Waals surface area contributed by atoms with Gasteiger partial charge in [0.1, 0.15) is 0 Å². The van der Waals surface area contributed by atoms with Gasteiger partial charge in [-0.1, -0.05) is 29.3 Å². The fraction of sp³-hybridized carbons (Fsp3) is 0.214. The highest BCUT2D eigenvalue weighted by molar-refractivity contribution is 6.33. The number of hydrogen-bond acceptors (Lipinski definition) is 2.